The highest BCUT2D eigenvalue weighted by molar-refractivity contribution is 7.17. The van der Waals surface area contributed by atoms with Gasteiger partial charge in [0.05, 0.1) is 5.56 Å². The number of anilines is 2. The second-order valence-corrected chi connectivity index (χ2v) is 11.5. The number of para-hydroxylation sites is 1. The van der Waals surface area contributed by atoms with Crippen LogP contribution in [0.2, 0.25) is 5.02 Å². The van der Waals surface area contributed by atoms with Gasteiger partial charge in [0, 0.05) is 72.3 Å². The number of thiophene rings is 1. The van der Waals surface area contributed by atoms with Crippen molar-refractivity contribution < 1.29 is 14.4 Å². The van der Waals surface area contributed by atoms with Gasteiger partial charge in [0.25, 0.3) is 5.91 Å². The van der Waals surface area contributed by atoms with Crippen LogP contribution in [-0.4, -0.2) is 54.4 Å². The highest BCUT2D eigenvalue weighted by Crippen LogP contribution is 2.37. The minimum atomic E-state index is -0.423. The van der Waals surface area contributed by atoms with E-state index in [2.05, 4.69) is 37.2 Å². The third kappa shape index (κ3) is 7.08. The Morgan fingerprint density at radius 1 is 1.07 bits per heavy atom. The van der Waals surface area contributed by atoms with Gasteiger partial charge in [0.2, 0.25) is 5.91 Å². The molecule has 0 atom stereocenters. The number of hydrogen-bond donors (Lipinski definition) is 5. The van der Waals surface area contributed by atoms with Gasteiger partial charge >= 0.3 is 6.03 Å². The van der Waals surface area contributed by atoms with Crippen LogP contribution < -0.4 is 21.3 Å². The summed E-state index contributed by atoms with van der Waals surface area (Å²) in [7, 11) is 1.59. The Morgan fingerprint density at radius 3 is 2.68 bits per heavy atom. The van der Waals surface area contributed by atoms with Crippen LogP contribution in [0, 0.1) is 0 Å². The van der Waals surface area contributed by atoms with Gasteiger partial charge in [0.15, 0.2) is 0 Å². The molecule has 0 fully saturated rings. The number of halogens is 1. The molecule has 0 unspecified atom stereocenters. The number of rotatable bonds is 10. The molecule has 5 N–H and O–H groups in total. The van der Waals surface area contributed by atoms with Crippen molar-refractivity contribution in [2.75, 3.05) is 37.3 Å². The van der Waals surface area contributed by atoms with Crippen LogP contribution >= 0.6 is 22.9 Å². The Bertz CT molecular complexity index is 1550. The van der Waals surface area contributed by atoms with Gasteiger partial charge < -0.3 is 20.9 Å². The van der Waals surface area contributed by atoms with Crippen molar-refractivity contribution in [3.63, 3.8) is 0 Å². The Morgan fingerprint density at radius 2 is 1.88 bits per heavy atom. The number of amides is 4. The van der Waals surface area contributed by atoms with Gasteiger partial charge in [-0.1, -0.05) is 29.8 Å². The van der Waals surface area contributed by atoms with Crippen molar-refractivity contribution in [3.05, 3.63) is 81.3 Å². The summed E-state index contributed by atoms with van der Waals surface area (Å²) in [6, 6.07) is 14.5. The van der Waals surface area contributed by atoms with Crippen LogP contribution in [-0.2, 0) is 24.2 Å². The molecule has 3 heterocycles. The zero-order valence-corrected chi connectivity index (χ0v) is 24.4. The predicted molar refractivity (Wildman–Crippen MR) is 165 cm³/mol. The van der Waals surface area contributed by atoms with E-state index >= 15 is 0 Å². The maximum Gasteiger partial charge on any atom is 0.324 e. The topological polar surface area (TPSA) is 118 Å². The van der Waals surface area contributed by atoms with E-state index in [-0.39, 0.29) is 11.8 Å². The zero-order chi connectivity index (χ0) is 28.8. The van der Waals surface area contributed by atoms with E-state index in [0.717, 1.165) is 41.0 Å². The summed E-state index contributed by atoms with van der Waals surface area (Å²) in [6.07, 6.45) is 4.68. The lowest BCUT2D eigenvalue weighted by atomic mass is 10.0. The average Bonchev–Trinajstić information content (AvgIpc) is 3.55. The van der Waals surface area contributed by atoms with Crippen molar-refractivity contribution in [1.82, 2.24) is 20.5 Å². The standard InChI is InChI=1S/C30H33ClN6O3S/c1-32-28(39)27-23-13-16-37(18-25(23)41-29(27)36-30(40)35-21-10-8-20(31)9-11-21)15-4-14-33-26(38)12-7-19-17-34-24-6-3-2-5-22(19)24/h2-3,5-6,8-11,17,34H,4,7,12-16,18H2,1H3,(H,32,39)(H,33,38)(H2,35,36,40). The number of carbonyl (C=O) groups excluding carboxylic acids is 3. The maximum absolute atomic E-state index is 12.7. The summed E-state index contributed by atoms with van der Waals surface area (Å²) in [4.78, 5) is 44.5. The number of H-pyrrole nitrogens is 1. The Balaban J connectivity index is 1.11. The minimum absolute atomic E-state index is 0.0530. The van der Waals surface area contributed by atoms with Gasteiger partial charge in [0.1, 0.15) is 5.00 Å². The summed E-state index contributed by atoms with van der Waals surface area (Å²) in [6.45, 7) is 2.94. The number of fused-ring (bicyclic) bond motifs is 2. The first-order chi connectivity index (χ1) is 19.9. The van der Waals surface area contributed by atoms with Crippen LogP contribution in [0.5, 0.6) is 0 Å². The molecule has 1 aliphatic rings. The number of aromatic amines is 1. The Labute approximate surface area is 247 Å². The first kappa shape index (κ1) is 28.7. The fraction of sp³-hybridized carbons (Fsp3) is 0.300. The quantitative estimate of drug-likeness (QED) is 0.159. The Kier molecular flexibility index (Phi) is 9.23. The van der Waals surface area contributed by atoms with Crippen LogP contribution in [0.3, 0.4) is 0 Å². The molecule has 9 nitrogen and oxygen atoms in total. The normalized spacial score (nSPS) is 13.0. The number of carbonyl (C=O) groups is 3. The van der Waals surface area contributed by atoms with Gasteiger partial charge in [-0.2, -0.15) is 0 Å². The summed E-state index contributed by atoms with van der Waals surface area (Å²) < 4.78 is 0. The number of aryl methyl sites for hydroxylation is 1. The number of hydrogen-bond acceptors (Lipinski definition) is 5. The first-order valence-electron chi connectivity index (χ1n) is 13.7. The number of urea groups is 1. The maximum atomic E-state index is 12.7. The monoisotopic (exact) mass is 592 g/mol. The molecule has 4 amide bonds. The van der Waals surface area contributed by atoms with E-state index < -0.39 is 6.03 Å². The highest BCUT2D eigenvalue weighted by atomic mass is 35.5. The SMILES string of the molecule is CNC(=O)c1c(NC(=O)Nc2ccc(Cl)cc2)sc2c1CCN(CCCNC(=O)CCc1c[nH]c3ccccc13)C2. The summed E-state index contributed by atoms with van der Waals surface area (Å²) in [5, 5.41) is 13.7. The summed E-state index contributed by atoms with van der Waals surface area (Å²) in [5.74, 6) is -0.162. The van der Waals surface area contributed by atoms with Crippen LogP contribution in [0.4, 0.5) is 15.5 Å². The molecule has 0 bridgehead atoms. The molecule has 41 heavy (non-hydrogen) atoms. The van der Waals surface area contributed by atoms with Crippen molar-refractivity contribution in [3.8, 4) is 0 Å². The fourth-order valence-electron chi connectivity index (χ4n) is 5.10. The number of aromatic nitrogens is 1. The Hall–Kier alpha value is -3.86. The zero-order valence-electron chi connectivity index (χ0n) is 22.8. The van der Waals surface area contributed by atoms with Gasteiger partial charge in [-0.15, -0.1) is 11.3 Å². The second-order valence-electron chi connectivity index (χ2n) is 9.96. The molecule has 11 heteroatoms. The van der Waals surface area contributed by atoms with Crippen molar-refractivity contribution >= 4 is 62.4 Å². The number of benzene rings is 2. The van der Waals surface area contributed by atoms with E-state index in [1.807, 2.05) is 24.4 Å². The molecule has 4 aromatic rings. The van der Waals surface area contributed by atoms with Gasteiger partial charge in [-0.05, 0) is 60.7 Å². The molecule has 1 aliphatic heterocycles. The third-order valence-electron chi connectivity index (χ3n) is 7.19. The van der Waals surface area contributed by atoms with E-state index in [1.165, 1.54) is 16.7 Å². The smallest absolute Gasteiger partial charge is 0.324 e. The molecule has 214 valence electrons. The molecular weight excluding hydrogens is 560 g/mol. The minimum Gasteiger partial charge on any atom is -0.361 e. The number of nitrogens with zero attached hydrogens (tertiary/aromatic N) is 1. The van der Waals surface area contributed by atoms with Crippen LogP contribution in [0.15, 0.2) is 54.7 Å². The summed E-state index contributed by atoms with van der Waals surface area (Å²) in [5.41, 5.74) is 4.36. The molecule has 0 radical (unpaired) electrons. The lowest BCUT2D eigenvalue weighted by Gasteiger charge is -2.27. The lowest BCUT2D eigenvalue weighted by Crippen LogP contribution is -2.34. The molecular formula is C30H33ClN6O3S. The molecule has 0 aliphatic carbocycles. The molecule has 5 rings (SSSR count). The third-order valence-corrected chi connectivity index (χ3v) is 8.57. The average molecular weight is 593 g/mol. The second kappa shape index (κ2) is 13.2. The van der Waals surface area contributed by atoms with Crippen molar-refractivity contribution in [2.45, 2.75) is 32.2 Å². The number of nitrogens with one attached hydrogen (secondary N) is 5. The lowest BCUT2D eigenvalue weighted by molar-refractivity contribution is -0.121. The van der Waals surface area contributed by atoms with Crippen LogP contribution in [0.1, 0.15) is 39.2 Å². The molecule has 0 saturated carbocycles. The summed E-state index contributed by atoms with van der Waals surface area (Å²) >= 11 is 7.36. The predicted octanol–water partition coefficient (Wildman–Crippen LogP) is 5.38. The van der Waals surface area contributed by atoms with Crippen molar-refractivity contribution in [1.29, 1.82) is 0 Å². The van der Waals surface area contributed by atoms with E-state index in [0.29, 0.717) is 53.6 Å². The highest BCUT2D eigenvalue weighted by Gasteiger charge is 2.28. The van der Waals surface area contributed by atoms with Crippen LogP contribution in [0.25, 0.3) is 10.9 Å². The fourth-order valence-corrected chi connectivity index (χ4v) is 6.51. The van der Waals surface area contributed by atoms with Gasteiger partial charge in [-0.25, -0.2) is 4.79 Å². The molecule has 2 aromatic carbocycles. The van der Waals surface area contributed by atoms with E-state index in [9.17, 15) is 14.4 Å². The molecule has 0 saturated heterocycles. The largest absolute Gasteiger partial charge is 0.361 e. The van der Waals surface area contributed by atoms with Crippen molar-refractivity contribution in [2.24, 2.45) is 0 Å². The van der Waals surface area contributed by atoms with Gasteiger partial charge in [-0.3, -0.25) is 19.8 Å². The van der Waals surface area contributed by atoms with E-state index in [4.69, 9.17) is 11.6 Å². The van der Waals surface area contributed by atoms with E-state index in [1.54, 1.807) is 31.3 Å². The molecule has 0 spiro atoms. The first-order valence-corrected chi connectivity index (χ1v) is 14.8. The molecule has 2 aromatic heterocycles.